The topological polar surface area (TPSA) is 29.5 Å². The molecule has 82 valence electrons. The van der Waals surface area contributed by atoms with Crippen LogP contribution in [0.15, 0.2) is 16.6 Å². The number of halogens is 2. The second kappa shape index (κ2) is 3.76. The molecule has 0 unspecified atom stereocenters. The van der Waals surface area contributed by atoms with E-state index in [9.17, 15) is 9.50 Å². The number of hydrogen-bond acceptors (Lipinski definition) is 2. The summed E-state index contributed by atoms with van der Waals surface area (Å²) in [7, 11) is 1.50. The van der Waals surface area contributed by atoms with Gasteiger partial charge in [0.1, 0.15) is 11.6 Å². The van der Waals surface area contributed by atoms with Gasteiger partial charge in [0, 0.05) is 6.42 Å². The molecular weight excluding hydrogens is 263 g/mol. The molecule has 1 N–H and O–H groups in total. The Bertz CT molecular complexity index is 388. The average molecular weight is 275 g/mol. The van der Waals surface area contributed by atoms with Gasteiger partial charge in [-0.3, -0.25) is 0 Å². The van der Waals surface area contributed by atoms with Crippen LogP contribution in [0.4, 0.5) is 4.39 Å². The Morgan fingerprint density at radius 2 is 2.20 bits per heavy atom. The summed E-state index contributed by atoms with van der Waals surface area (Å²) in [5.74, 6) is 0.133. The Hall–Kier alpha value is -0.610. The Balaban J connectivity index is 2.34. The first-order valence-corrected chi connectivity index (χ1v) is 5.58. The third-order valence-electron chi connectivity index (χ3n) is 2.68. The fraction of sp³-hybridized carbons (Fsp3) is 0.455. The van der Waals surface area contributed by atoms with Crippen LogP contribution in [-0.2, 0) is 6.42 Å². The number of rotatable bonds is 3. The molecule has 0 aromatic heterocycles. The SMILES string of the molecule is COc1c(CC2(O)CC2)ccc(F)c1Br. The van der Waals surface area contributed by atoms with Gasteiger partial charge in [0.15, 0.2) is 0 Å². The second-order valence-electron chi connectivity index (χ2n) is 3.95. The van der Waals surface area contributed by atoms with Crippen LogP contribution in [0.1, 0.15) is 18.4 Å². The molecule has 1 fully saturated rings. The van der Waals surface area contributed by atoms with Gasteiger partial charge in [0.2, 0.25) is 0 Å². The highest BCUT2D eigenvalue weighted by Crippen LogP contribution is 2.42. The van der Waals surface area contributed by atoms with E-state index >= 15 is 0 Å². The van der Waals surface area contributed by atoms with Crippen molar-refractivity contribution in [1.82, 2.24) is 0 Å². The van der Waals surface area contributed by atoms with E-state index in [1.807, 2.05) is 0 Å². The van der Waals surface area contributed by atoms with E-state index in [0.717, 1.165) is 18.4 Å². The zero-order chi connectivity index (χ0) is 11.1. The van der Waals surface area contributed by atoms with E-state index in [2.05, 4.69) is 15.9 Å². The summed E-state index contributed by atoms with van der Waals surface area (Å²) in [5, 5.41) is 9.80. The highest BCUT2D eigenvalue weighted by atomic mass is 79.9. The van der Waals surface area contributed by atoms with Crippen LogP contribution in [0.25, 0.3) is 0 Å². The van der Waals surface area contributed by atoms with Crippen LogP contribution < -0.4 is 4.74 Å². The lowest BCUT2D eigenvalue weighted by Crippen LogP contribution is -2.12. The first-order chi connectivity index (χ1) is 7.06. The van der Waals surface area contributed by atoms with Crippen LogP contribution in [0, 0.1) is 5.82 Å². The smallest absolute Gasteiger partial charge is 0.141 e. The summed E-state index contributed by atoms with van der Waals surface area (Å²) in [6.07, 6.45) is 2.14. The zero-order valence-electron chi connectivity index (χ0n) is 8.39. The van der Waals surface area contributed by atoms with Crippen molar-refractivity contribution in [2.75, 3.05) is 7.11 Å². The van der Waals surface area contributed by atoms with Crippen LogP contribution in [0.5, 0.6) is 5.75 Å². The predicted molar refractivity (Wildman–Crippen MR) is 58.5 cm³/mol. The molecule has 0 spiro atoms. The van der Waals surface area contributed by atoms with Gasteiger partial charge in [-0.05, 0) is 40.4 Å². The van der Waals surface area contributed by atoms with Gasteiger partial charge in [0.25, 0.3) is 0 Å². The average Bonchev–Trinajstić information content (AvgIpc) is 2.91. The van der Waals surface area contributed by atoms with E-state index in [0.29, 0.717) is 16.6 Å². The standard InChI is InChI=1S/C11H12BrFO2/c1-15-10-7(6-11(14)4-5-11)2-3-8(13)9(10)12/h2-3,14H,4-6H2,1H3. The van der Waals surface area contributed by atoms with Crippen LogP contribution in [0.3, 0.4) is 0 Å². The van der Waals surface area contributed by atoms with E-state index in [-0.39, 0.29) is 5.82 Å². The molecule has 2 rings (SSSR count). The van der Waals surface area contributed by atoms with Gasteiger partial charge in [-0.2, -0.15) is 0 Å². The maximum absolute atomic E-state index is 13.2. The molecule has 0 atom stereocenters. The Morgan fingerprint density at radius 1 is 1.53 bits per heavy atom. The summed E-state index contributed by atoms with van der Waals surface area (Å²) in [5.41, 5.74) is 0.246. The third kappa shape index (κ3) is 2.16. The highest BCUT2D eigenvalue weighted by Gasteiger charge is 2.41. The monoisotopic (exact) mass is 274 g/mol. The third-order valence-corrected chi connectivity index (χ3v) is 3.42. The molecule has 1 aromatic carbocycles. The quantitative estimate of drug-likeness (QED) is 0.919. The Labute approximate surface area is 96.2 Å². The number of benzene rings is 1. The highest BCUT2D eigenvalue weighted by molar-refractivity contribution is 9.10. The van der Waals surface area contributed by atoms with Crippen LogP contribution in [-0.4, -0.2) is 17.8 Å². The molecule has 2 nitrogen and oxygen atoms in total. The molecule has 0 radical (unpaired) electrons. The molecule has 0 bridgehead atoms. The molecule has 0 saturated heterocycles. The van der Waals surface area contributed by atoms with Crippen molar-refractivity contribution in [3.8, 4) is 5.75 Å². The summed E-state index contributed by atoms with van der Waals surface area (Å²) < 4.78 is 18.7. The molecule has 0 aliphatic heterocycles. The van der Waals surface area contributed by atoms with E-state index in [1.54, 1.807) is 6.07 Å². The molecule has 1 aliphatic carbocycles. The van der Waals surface area contributed by atoms with E-state index < -0.39 is 5.60 Å². The van der Waals surface area contributed by atoms with E-state index in [4.69, 9.17) is 4.74 Å². The summed E-state index contributed by atoms with van der Waals surface area (Å²) >= 11 is 3.14. The molecular formula is C11H12BrFO2. The van der Waals surface area contributed by atoms with Crippen LogP contribution in [0.2, 0.25) is 0 Å². The number of aliphatic hydroxyl groups is 1. The Kier molecular flexibility index (Phi) is 2.73. The molecule has 0 amide bonds. The van der Waals surface area contributed by atoms with Crippen molar-refractivity contribution in [3.63, 3.8) is 0 Å². The summed E-state index contributed by atoms with van der Waals surface area (Å²) in [4.78, 5) is 0. The molecule has 15 heavy (non-hydrogen) atoms. The van der Waals surface area contributed by atoms with Crippen molar-refractivity contribution in [1.29, 1.82) is 0 Å². The maximum atomic E-state index is 13.2. The van der Waals surface area contributed by atoms with Crippen molar-refractivity contribution in [3.05, 3.63) is 28.0 Å². The van der Waals surface area contributed by atoms with Gasteiger partial charge >= 0.3 is 0 Å². The minimum absolute atomic E-state index is 0.326. The largest absolute Gasteiger partial charge is 0.495 e. The fourth-order valence-corrected chi connectivity index (χ4v) is 2.16. The van der Waals surface area contributed by atoms with E-state index in [1.165, 1.54) is 13.2 Å². The molecule has 0 heterocycles. The summed E-state index contributed by atoms with van der Waals surface area (Å²) in [6.45, 7) is 0. The first kappa shape index (κ1) is 10.9. The molecule has 1 saturated carbocycles. The lowest BCUT2D eigenvalue weighted by Gasteiger charge is -2.13. The number of hydrogen-bond donors (Lipinski definition) is 1. The van der Waals surface area contributed by atoms with Crippen molar-refractivity contribution in [2.45, 2.75) is 24.9 Å². The van der Waals surface area contributed by atoms with Gasteiger partial charge in [0.05, 0.1) is 17.2 Å². The van der Waals surface area contributed by atoms with Crippen LogP contribution >= 0.6 is 15.9 Å². The van der Waals surface area contributed by atoms with Gasteiger partial charge in [-0.1, -0.05) is 6.07 Å². The molecule has 4 heteroatoms. The normalized spacial score (nSPS) is 17.6. The predicted octanol–water partition coefficient (Wildman–Crippen LogP) is 2.66. The molecule has 1 aliphatic rings. The minimum Gasteiger partial charge on any atom is -0.495 e. The van der Waals surface area contributed by atoms with Crippen molar-refractivity contribution >= 4 is 15.9 Å². The maximum Gasteiger partial charge on any atom is 0.141 e. The number of ether oxygens (including phenoxy) is 1. The van der Waals surface area contributed by atoms with Crippen molar-refractivity contribution < 1.29 is 14.2 Å². The lowest BCUT2D eigenvalue weighted by atomic mass is 10.1. The zero-order valence-corrected chi connectivity index (χ0v) is 9.97. The minimum atomic E-state index is -0.593. The van der Waals surface area contributed by atoms with Gasteiger partial charge < -0.3 is 9.84 Å². The van der Waals surface area contributed by atoms with Crippen molar-refractivity contribution in [2.24, 2.45) is 0 Å². The lowest BCUT2D eigenvalue weighted by molar-refractivity contribution is 0.150. The summed E-state index contributed by atoms with van der Waals surface area (Å²) in [6, 6.07) is 3.04. The Morgan fingerprint density at radius 3 is 2.73 bits per heavy atom. The molecule has 1 aromatic rings. The van der Waals surface area contributed by atoms with Gasteiger partial charge in [-0.25, -0.2) is 4.39 Å². The number of methoxy groups -OCH3 is 1. The first-order valence-electron chi connectivity index (χ1n) is 4.79. The second-order valence-corrected chi connectivity index (χ2v) is 4.75. The fourth-order valence-electron chi connectivity index (χ4n) is 1.61. The van der Waals surface area contributed by atoms with Gasteiger partial charge in [-0.15, -0.1) is 0 Å².